The molecule has 2 atom stereocenters. The number of hydrogen-bond acceptors (Lipinski definition) is 6. The van der Waals surface area contributed by atoms with Crippen molar-refractivity contribution in [3.05, 3.63) is 48.4 Å². The average molecular weight is 338 g/mol. The zero-order valence-corrected chi connectivity index (χ0v) is 14.5. The van der Waals surface area contributed by atoms with Gasteiger partial charge in [-0.15, -0.1) is 10.2 Å². The Morgan fingerprint density at radius 1 is 1.32 bits per heavy atom. The van der Waals surface area contributed by atoms with Crippen LogP contribution >= 0.6 is 0 Å². The lowest BCUT2D eigenvalue weighted by atomic mass is 10.1. The molecule has 7 nitrogen and oxygen atoms in total. The lowest BCUT2D eigenvalue weighted by Crippen LogP contribution is -2.35. The summed E-state index contributed by atoms with van der Waals surface area (Å²) < 4.78 is 7.87. The fourth-order valence-electron chi connectivity index (χ4n) is 3.55. The van der Waals surface area contributed by atoms with Crippen LogP contribution in [-0.2, 0) is 6.54 Å². The number of aromatic nitrogens is 5. The van der Waals surface area contributed by atoms with E-state index in [1.165, 1.54) is 12.0 Å². The van der Waals surface area contributed by atoms with E-state index in [-0.39, 0.29) is 6.04 Å². The van der Waals surface area contributed by atoms with Gasteiger partial charge in [-0.2, -0.15) is 5.10 Å². The van der Waals surface area contributed by atoms with Gasteiger partial charge in [-0.05, 0) is 45.4 Å². The van der Waals surface area contributed by atoms with Crippen LogP contribution in [0.25, 0.3) is 11.5 Å². The summed E-state index contributed by atoms with van der Waals surface area (Å²) >= 11 is 0. The van der Waals surface area contributed by atoms with Gasteiger partial charge in [-0.25, -0.2) is 4.98 Å². The molecule has 0 N–H and O–H groups in total. The molecule has 0 bridgehead atoms. The molecule has 2 aromatic heterocycles. The SMILES string of the molecule is Cc1cccc(-c2nnc(C(C)N3CCCC3Cn3cncn3)o2)c1. The van der Waals surface area contributed by atoms with Crippen LogP contribution in [0.1, 0.15) is 37.3 Å². The first-order valence-electron chi connectivity index (χ1n) is 8.69. The van der Waals surface area contributed by atoms with E-state index in [1.807, 2.05) is 16.8 Å². The topological polar surface area (TPSA) is 72.9 Å². The lowest BCUT2D eigenvalue weighted by Gasteiger charge is -2.28. The highest BCUT2D eigenvalue weighted by Crippen LogP contribution is 2.30. The molecule has 3 aromatic rings. The maximum Gasteiger partial charge on any atom is 0.247 e. The lowest BCUT2D eigenvalue weighted by molar-refractivity contribution is 0.152. The molecule has 1 aliphatic heterocycles. The molecular weight excluding hydrogens is 316 g/mol. The van der Waals surface area contributed by atoms with E-state index in [0.717, 1.165) is 25.1 Å². The number of hydrogen-bond donors (Lipinski definition) is 0. The first kappa shape index (κ1) is 16.0. The minimum Gasteiger partial charge on any atom is -0.419 e. The third-order valence-electron chi connectivity index (χ3n) is 4.85. The molecule has 1 fully saturated rings. The van der Waals surface area contributed by atoms with Crippen LogP contribution < -0.4 is 0 Å². The standard InChI is InChI=1S/C18H22N6O/c1-13-5-3-6-15(9-13)18-22-21-17(25-18)14(2)24-8-4-7-16(24)10-23-12-19-11-20-23/h3,5-6,9,11-12,14,16H,4,7-8,10H2,1-2H3. The third kappa shape index (κ3) is 3.32. The molecule has 0 amide bonds. The summed E-state index contributed by atoms with van der Waals surface area (Å²) in [5.74, 6) is 1.25. The average Bonchev–Trinajstić information content (AvgIpc) is 3.36. The van der Waals surface area contributed by atoms with Gasteiger partial charge in [-0.1, -0.05) is 17.7 Å². The number of nitrogens with zero attached hydrogens (tertiary/aromatic N) is 6. The maximum atomic E-state index is 5.98. The van der Waals surface area contributed by atoms with Crippen LogP contribution in [-0.4, -0.2) is 42.4 Å². The number of likely N-dealkylation sites (tertiary alicyclic amines) is 1. The van der Waals surface area contributed by atoms with E-state index < -0.39 is 0 Å². The molecule has 1 aromatic carbocycles. The fraction of sp³-hybridized carbons (Fsp3) is 0.444. The molecule has 2 unspecified atom stereocenters. The van der Waals surface area contributed by atoms with Crippen molar-refractivity contribution in [1.29, 1.82) is 0 Å². The Hall–Kier alpha value is -2.54. The van der Waals surface area contributed by atoms with Crippen LogP contribution in [0.15, 0.2) is 41.3 Å². The van der Waals surface area contributed by atoms with Gasteiger partial charge in [-0.3, -0.25) is 9.58 Å². The van der Waals surface area contributed by atoms with Gasteiger partial charge in [0.25, 0.3) is 0 Å². The van der Waals surface area contributed by atoms with Crippen molar-refractivity contribution in [2.45, 2.75) is 45.3 Å². The van der Waals surface area contributed by atoms with E-state index >= 15 is 0 Å². The quantitative estimate of drug-likeness (QED) is 0.712. The van der Waals surface area contributed by atoms with E-state index in [0.29, 0.717) is 17.8 Å². The van der Waals surface area contributed by atoms with Crippen molar-refractivity contribution in [2.24, 2.45) is 0 Å². The Balaban J connectivity index is 1.51. The largest absolute Gasteiger partial charge is 0.419 e. The Morgan fingerprint density at radius 3 is 3.04 bits per heavy atom. The Labute approximate surface area is 146 Å². The molecule has 0 radical (unpaired) electrons. The monoisotopic (exact) mass is 338 g/mol. The number of benzene rings is 1. The number of aryl methyl sites for hydroxylation is 1. The molecule has 4 rings (SSSR count). The van der Waals surface area contributed by atoms with Gasteiger partial charge in [0.05, 0.1) is 12.6 Å². The van der Waals surface area contributed by atoms with Gasteiger partial charge >= 0.3 is 0 Å². The summed E-state index contributed by atoms with van der Waals surface area (Å²) in [6, 6.07) is 8.62. The van der Waals surface area contributed by atoms with Gasteiger partial charge < -0.3 is 4.42 Å². The second-order valence-corrected chi connectivity index (χ2v) is 6.64. The molecule has 3 heterocycles. The number of rotatable bonds is 5. The molecular formula is C18H22N6O. The summed E-state index contributed by atoms with van der Waals surface area (Å²) in [4.78, 5) is 6.45. The second kappa shape index (κ2) is 6.76. The van der Waals surface area contributed by atoms with Crippen molar-refractivity contribution in [3.63, 3.8) is 0 Å². The van der Waals surface area contributed by atoms with E-state index in [4.69, 9.17) is 4.42 Å². The molecule has 1 aliphatic rings. The zero-order chi connectivity index (χ0) is 17.2. The van der Waals surface area contributed by atoms with Crippen molar-refractivity contribution in [1.82, 2.24) is 29.9 Å². The minimum absolute atomic E-state index is 0.0853. The molecule has 0 saturated carbocycles. The smallest absolute Gasteiger partial charge is 0.247 e. The van der Waals surface area contributed by atoms with E-state index in [1.54, 1.807) is 12.7 Å². The van der Waals surface area contributed by atoms with Crippen molar-refractivity contribution < 1.29 is 4.42 Å². The summed E-state index contributed by atoms with van der Waals surface area (Å²) in [6.45, 7) is 6.06. The van der Waals surface area contributed by atoms with Crippen LogP contribution in [0.3, 0.4) is 0 Å². The predicted octanol–water partition coefficient (Wildman–Crippen LogP) is 2.86. The Bertz CT molecular complexity index is 828. The highest BCUT2D eigenvalue weighted by Gasteiger charge is 2.32. The highest BCUT2D eigenvalue weighted by atomic mass is 16.4. The predicted molar refractivity (Wildman–Crippen MR) is 92.6 cm³/mol. The van der Waals surface area contributed by atoms with E-state index in [2.05, 4.69) is 51.2 Å². The zero-order valence-electron chi connectivity index (χ0n) is 14.5. The first-order chi connectivity index (χ1) is 12.2. The normalized spacial score (nSPS) is 19.4. The summed E-state index contributed by atoms with van der Waals surface area (Å²) in [5, 5.41) is 12.8. The van der Waals surface area contributed by atoms with Crippen LogP contribution in [0.5, 0.6) is 0 Å². The van der Waals surface area contributed by atoms with Crippen LogP contribution in [0.2, 0.25) is 0 Å². The molecule has 25 heavy (non-hydrogen) atoms. The van der Waals surface area contributed by atoms with Gasteiger partial charge in [0.1, 0.15) is 12.7 Å². The van der Waals surface area contributed by atoms with Crippen molar-refractivity contribution in [2.75, 3.05) is 6.54 Å². The second-order valence-electron chi connectivity index (χ2n) is 6.64. The minimum atomic E-state index is 0.0853. The molecule has 130 valence electrons. The highest BCUT2D eigenvalue weighted by molar-refractivity contribution is 5.53. The van der Waals surface area contributed by atoms with Gasteiger partial charge in [0, 0.05) is 11.6 Å². The molecule has 0 spiro atoms. The van der Waals surface area contributed by atoms with Gasteiger partial charge in [0.15, 0.2) is 0 Å². The van der Waals surface area contributed by atoms with Crippen molar-refractivity contribution in [3.8, 4) is 11.5 Å². The molecule has 7 heteroatoms. The van der Waals surface area contributed by atoms with Crippen molar-refractivity contribution >= 4 is 0 Å². The summed E-state index contributed by atoms with van der Waals surface area (Å²) in [7, 11) is 0. The van der Waals surface area contributed by atoms with Gasteiger partial charge in [0.2, 0.25) is 11.8 Å². The van der Waals surface area contributed by atoms with E-state index in [9.17, 15) is 0 Å². The van der Waals surface area contributed by atoms with Crippen LogP contribution in [0.4, 0.5) is 0 Å². The molecule has 0 aliphatic carbocycles. The Morgan fingerprint density at radius 2 is 2.24 bits per heavy atom. The summed E-state index contributed by atoms with van der Waals surface area (Å²) in [6.07, 6.45) is 5.66. The third-order valence-corrected chi connectivity index (χ3v) is 4.85. The first-order valence-corrected chi connectivity index (χ1v) is 8.69. The Kier molecular flexibility index (Phi) is 4.31. The molecule has 1 saturated heterocycles. The fourth-order valence-corrected chi connectivity index (χ4v) is 3.55. The summed E-state index contributed by atoms with van der Waals surface area (Å²) in [5.41, 5.74) is 2.14. The van der Waals surface area contributed by atoms with Crippen LogP contribution in [0, 0.1) is 6.92 Å². The maximum absolute atomic E-state index is 5.98.